The van der Waals surface area contributed by atoms with Gasteiger partial charge in [-0.25, -0.2) is 9.37 Å². The summed E-state index contributed by atoms with van der Waals surface area (Å²) in [7, 11) is 3.05. The van der Waals surface area contributed by atoms with Gasteiger partial charge in [-0.15, -0.1) is 0 Å². The van der Waals surface area contributed by atoms with Crippen molar-refractivity contribution in [3.63, 3.8) is 0 Å². The number of fused-ring (bicyclic) bond motifs is 5. The molecule has 0 N–H and O–H groups in total. The molecule has 0 aliphatic carbocycles. The molecule has 4 rings (SSSR count). The van der Waals surface area contributed by atoms with Crippen molar-refractivity contribution in [2.24, 2.45) is 0 Å². The van der Waals surface area contributed by atoms with Crippen molar-refractivity contribution in [2.45, 2.75) is 12.5 Å². The van der Waals surface area contributed by atoms with E-state index in [1.807, 2.05) is 10.6 Å². The molecule has 0 saturated heterocycles. The van der Waals surface area contributed by atoms with Gasteiger partial charge in [0.25, 0.3) is 0 Å². The number of hydrogen-bond acceptors (Lipinski definition) is 4. The SMILES string of the molecule is COC(OC)C1Oc2ccc(Cl)nc2-c2cc3c(F)cccc3n21. The zero-order chi connectivity index (χ0) is 16.8. The molecule has 0 saturated carbocycles. The molecular formula is C17H14ClFN2O3. The zero-order valence-electron chi connectivity index (χ0n) is 13.0. The fraction of sp³-hybridized carbons (Fsp3) is 0.235. The van der Waals surface area contributed by atoms with E-state index in [1.54, 1.807) is 24.3 Å². The summed E-state index contributed by atoms with van der Waals surface area (Å²) in [5.41, 5.74) is 1.92. The van der Waals surface area contributed by atoms with Gasteiger partial charge in [0, 0.05) is 19.6 Å². The molecule has 1 aromatic carbocycles. The molecular weight excluding hydrogens is 335 g/mol. The van der Waals surface area contributed by atoms with Gasteiger partial charge in [0.15, 0.2) is 5.75 Å². The Labute approximate surface area is 142 Å². The molecule has 5 nitrogen and oxygen atoms in total. The third kappa shape index (κ3) is 2.18. The van der Waals surface area contributed by atoms with Gasteiger partial charge in [-0.1, -0.05) is 17.7 Å². The molecule has 0 bridgehead atoms. The minimum Gasteiger partial charge on any atom is -0.462 e. The molecule has 0 fully saturated rings. The van der Waals surface area contributed by atoms with Crippen LogP contribution in [0.25, 0.3) is 22.3 Å². The van der Waals surface area contributed by atoms with Crippen LogP contribution in [0.2, 0.25) is 5.15 Å². The monoisotopic (exact) mass is 348 g/mol. The Hall–Kier alpha value is -2.15. The Bertz CT molecular complexity index is 924. The van der Waals surface area contributed by atoms with Crippen molar-refractivity contribution in [1.82, 2.24) is 9.55 Å². The van der Waals surface area contributed by atoms with E-state index in [9.17, 15) is 4.39 Å². The number of ether oxygens (including phenoxy) is 3. The normalized spacial score (nSPS) is 16.1. The summed E-state index contributed by atoms with van der Waals surface area (Å²) in [5, 5.41) is 0.810. The van der Waals surface area contributed by atoms with E-state index in [0.29, 0.717) is 33.2 Å². The summed E-state index contributed by atoms with van der Waals surface area (Å²) >= 11 is 6.03. The van der Waals surface area contributed by atoms with E-state index in [1.165, 1.54) is 20.3 Å². The molecule has 0 spiro atoms. The first kappa shape index (κ1) is 15.4. The van der Waals surface area contributed by atoms with Crippen molar-refractivity contribution in [3.8, 4) is 17.1 Å². The van der Waals surface area contributed by atoms with Crippen LogP contribution in [0.3, 0.4) is 0 Å². The standard InChI is InChI=1S/C17H14ClFN2O3/c1-22-17(23-2)16-21-11-5-3-4-10(19)9(11)8-12(21)15-13(24-16)6-7-14(18)20-15/h3-8,16-17H,1-2H3. The molecule has 3 heterocycles. The number of benzene rings is 1. The highest BCUT2D eigenvalue weighted by Crippen LogP contribution is 2.43. The van der Waals surface area contributed by atoms with Crippen molar-refractivity contribution >= 4 is 22.5 Å². The van der Waals surface area contributed by atoms with E-state index in [0.717, 1.165) is 0 Å². The number of halogens is 2. The van der Waals surface area contributed by atoms with E-state index < -0.39 is 12.5 Å². The lowest BCUT2D eigenvalue weighted by atomic mass is 10.2. The second kappa shape index (κ2) is 5.73. The lowest BCUT2D eigenvalue weighted by Crippen LogP contribution is -2.34. The van der Waals surface area contributed by atoms with Crippen LogP contribution in [-0.2, 0) is 9.47 Å². The molecule has 1 unspecified atom stereocenters. The maximum absolute atomic E-state index is 14.3. The van der Waals surface area contributed by atoms with Crippen LogP contribution in [0.1, 0.15) is 6.23 Å². The predicted octanol–water partition coefficient (Wildman–Crippen LogP) is 4.01. The zero-order valence-corrected chi connectivity index (χ0v) is 13.7. The second-order valence-electron chi connectivity index (χ2n) is 5.40. The van der Waals surface area contributed by atoms with E-state index in [-0.39, 0.29) is 5.82 Å². The number of aromatic nitrogens is 2. The number of hydrogen-bond donors (Lipinski definition) is 0. The van der Waals surface area contributed by atoms with Gasteiger partial charge in [0.1, 0.15) is 16.7 Å². The largest absolute Gasteiger partial charge is 0.462 e. The highest BCUT2D eigenvalue weighted by Gasteiger charge is 2.35. The van der Waals surface area contributed by atoms with Gasteiger partial charge < -0.3 is 14.2 Å². The third-order valence-electron chi connectivity index (χ3n) is 4.10. The van der Waals surface area contributed by atoms with Gasteiger partial charge >= 0.3 is 0 Å². The molecule has 24 heavy (non-hydrogen) atoms. The van der Waals surface area contributed by atoms with Gasteiger partial charge in [-0.05, 0) is 30.3 Å². The van der Waals surface area contributed by atoms with Gasteiger partial charge in [-0.2, -0.15) is 0 Å². The van der Waals surface area contributed by atoms with Gasteiger partial charge in [-0.3, -0.25) is 4.57 Å². The van der Waals surface area contributed by atoms with Crippen LogP contribution in [0, 0.1) is 5.82 Å². The van der Waals surface area contributed by atoms with Gasteiger partial charge in [0.2, 0.25) is 12.5 Å². The maximum atomic E-state index is 14.3. The second-order valence-corrected chi connectivity index (χ2v) is 5.79. The molecule has 0 radical (unpaired) electrons. The average molecular weight is 349 g/mol. The van der Waals surface area contributed by atoms with Crippen LogP contribution >= 0.6 is 11.6 Å². The summed E-state index contributed by atoms with van der Waals surface area (Å²) in [6, 6.07) is 10.0. The minimum absolute atomic E-state index is 0.317. The molecule has 1 aliphatic rings. The van der Waals surface area contributed by atoms with Crippen molar-refractivity contribution in [2.75, 3.05) is 14.2 Å². The Kier molecular flexibility index (Phi) is 3.68. The topological polar surface area (TPSA) is 45.5 Å². The molecule has 7 heteroatoms. The Morgan fingerprint density at radius 2 is 2.04 bits per heavy atom. The summed E-state index contributed by atoms with van der Waals surface area (Å²) in [6.07, 6.45) is -1.30. The van der Waals surface area contributed by atoms with Crippen molar-refractivity contribution in [3.05, 3.63) is 47.4 Å². The van der Waals surface area contributed by atoms with E-state index in [4.69, 9.17) is 25.8 Å². The molecule has 124 valence electrons. The average Bonchev–Trinajstić information content (AvgIpc) is 2.98. The highest BCUT2D eigenvalue weighted by molar-refractivity contribution is 6.29. The lowest BCUT2D eigenvalue weighted by molar-refractivity contribution is -0.179. The molecule has 0 amide bonds. The predicted molar refractivity (Wildman–Crippen MR) is 87.6 cm³/mol. The van der Waals surface area contributed by atoms with Crippen molar-refractivity contribution < 1.29 is 18.6 Å². The van der Waals surface area contributed by atoms with Crippen LogP contribution in [0.4, 0.5) is 4.39 Å². The summed E-state index contributed by atoms with van der Waals surface area (Å²) < 4.78 is 32.9. The summed E-state index contributed by atoms with van der Waals surface area (Å²) in [5.74, 6) is 0.224. The van der Waals surface area contributed by atoms with Gasteiger partial charge in [0.05, 0.1) is 11.2 Å². The van der Waals surface area contributed by atoms with Crippen LogP contribution < -0.4 is 4.74 Å². The first-order valence-electron chi connectivity index (χ1n) is 7.32. The van der Waals surface area contributed by atoms with E-state index in [2.05, 4.69) is 4.98 Å². The first-order valence-corrected chi connectivity index (χ1v) is 7.70. The fourth-order valence-electron chi connectivity index (χ4n) is 3.06. The van der Waals surface area contributed by atoms with Crippen molar-refractivity contribution in [1.29, 1.82) is 0 Å². The van der Waals surface area contributed by atoms with Crippen LogP contribution in [-0.4, -0.2) is 30.1 Å². The first-order chi connectivity index (χ1) is 11.6. The number of methoxy groups -OCH3 is 2. The molecule has 3 aromatic rings. The Morgan fingerprint density at radius 1 is 1.25 bits per heavy atom. The summed E-state index contributed by atoms with van der Waals surface area (Å²) in [6.45, 7) is 0. The van der Waals surface area contributed by atoms with Crippen LogP contribution in [0.5, 0.6) is 5.75 Å². The third-order valence-corrected chi connectivity index (χ3v) is 4.31. The van der Waals surface area contributed by atoms with Crippen LogP contribution in [0.15, 0.2) is 36.4 Å². The highest BCUT2D eigenvalue weighted by atomic mass is 35.5. The fourth-order valence-corrected chi connectivity index (χ4v) is 3.21. The molecule has 1 atom stereocenters. The lowest BCUT2D eigenvalue weighted by Gasteiger charge is -2.32. The summed E-state index contributed by atoms with van der Waals surface area (Å²) in [4.78, 5) is 4.34. The maximum Gasteiger partial charge on any atom is 0.228 e. The number of rotatable bonds is 3. The molecule has 1 aliphatic heterocycles. The number of nitrogens with zero attached hydrogens (tertiary/aromatic N) is 2. The Morgan fingerprint density at radius 3 is 2.79 bits per heavy atom. The smallest absolute Gasteiger partial charge is 0.228 e. The molecule has 2 aromatic heterocycles. The quantitative estimate of drug-likeness (QED) is 0.530. The van der Waals surface area contributed by atoms with E-state index >= 15 is 0 Å². The Balaban J connectivity index is 2.04. The minimum atomic E-state index is -0.675. The number of pyridine rings is 1.